The highest BCUT2D eigenvalue weighted by molar-refractivity contribution is 5.79. The molecule has 1 nitrogen and oxygen atoms in total. The molecule has 0 fully saturated rings. The first-order chi connectivity index (χ1) is 11.7. The smallest absolute Gasteiger partial charge is 0.0484 e. The van der Waals surface area contributed by atoms with E-state index in [-0.39, 0.29) is 0 Å². The minimum absolute atomic E-state index is 0.752. The van der Waals surface area contributed by atoms with Crippen molar-refractivity contribution >= 4 is 17.8 Å². The molecule has 2 aromatic carbocycles. The van der Waals surface area contributed by atoms with Crippen LogP contribution in [0.15, 0.2) is 60.3 Å². The number of likely N-dealkylation sites (N-methyl/N-ethyl adjacent to an activating group) is 1. The molecular formula is C23H27N. The molecule has 24 heavy (non-hydrogen) atoms. The molecule has 2 aromatic rings. The van der Waals surface area contributed by atoms with Gasteiger partial charge in [0.25, 0.3) is 0 Å². The highest BCUT2D eigenvalue weighted by atomic mass is 15.1. The van der Waals surface area contributed by atoms with Crippen LogP contribution in [0.25, 0.3) is 12.2 Å². The lowest BCUT2D eigenvalue weighted by Gasteiger charge is -2.29. The second-order valence-electron chi connectivity index (χ2n) is 6.66. The Morgan fingerprint density at radius 3 is 2.42 bits per heavy atom. The summed E-state index contributed by atoms with van der Waals surface area (Å²) in [4.78, 5) is 2.38. The third-order valence-electron chi connectivity index (χ3n) is 4.86. The number of anilines is 1. The Morgan fingerprint density at radius 1 is 0.958 bits per heavy atom. The van der Waals surface area contributed by atoms with Gasteiger partial charge >= 0.3 is 0 Å². The summed E-state index contributed by atoms with van der Waals surface area (Å²) in [7, 11) is 0. The molecule has 1 unspecified atom stereocenters. The normalized spacial score (nSPS) is 16.3. The Hall–Kier alpha value is -2.28. The Balaban J connectivity index is 1.83. The number of fused-ring (bicyclic) bond motifs is 1. The quantitative estimate of drug-likeness (QED) is 0.637. The third kappa shape index (κ3) is 3.62. The topological polar surface area (TPSA) is 3.24 Å². The highest BCUT2D eigenvalue weighted by Crippen LogP contribution is 2.31. The third-order valence-corrected chi connectivity index (χ3v) is 4.86. The van der Waals surface area contributed by atoms with Crippen LogP contribution in [0.1, 0.15) is 43.9 Å². The van der Waals surface area contributed by atoms with Gasteiger partial charge in [0.15, 0.2) is 0 Å². The maximum Gasteiger partial charge on any atom is 0.0484 e. The fourth-order valence-corrected chi connectivity index (χ4v) is 3.22. The van der Waals surface area contributed by atoms with Gasteiger partial charge < -0.3 is 4.90 Å². The summed E-state index contributed by atoms with van der Waals surface area (Å²) in [5, 5.41) is 0. The minimum Gasteiger partial charge on any atom is -0.341 e. The molecule has 0 saturated heterocycles. The maximum atomic E-state index is 2.38. The molecule has 0 radical (unpaired) electrons. The number of allylic oxidation sites excluding steroid dienone is 1. The van der Waals surface area contributed by atoms with Crippen LogP contribution in [-0.4, -0.2) is 6.54 Å². The van der Waals surface area contributed by atoms with Crippen molar-refractivity contribution in [2.75, 3.05) is 11.4 Å². The summed E-state index contributed by atoms with van der Waals surface area (Å²) in [5.41, 5.74) is 6.54. The van der Waals surface area contributed by atoms with Gasteiger partial charge in [-0.3, -0.25) is 0 Å². The lowest BCUT2D eigenvalue weighted by molar-refractivity contribution is 0.560. The molecule has 1 atom stereocenters. The van der Waals surface area contributed by atoms with Crippen LogP contribution in [0.5, 0.6) is 0 Å². The van der Waals surface area contributed by atoms with Crippen LogP contribution in [0.3, 0.4) is 0 Å². The standard InChI is InChI=1S/C23H27N/c1-4-18(3)16-19-10-12-20(13-11-19)17-22-15-14-21-8-6-7-9-23(21)24(22)5-2/h6-15,17-18H,4-5,16H2,1-3H3. The highest BCUT2D eigenvalue weighted by Gasteiger charge is 2.15. The summed E-state index contributed by atoms with van der Waals surface area (Å²) in [6.07, 6.45) is 9.12. The zero-order valence-electron chi connectivity index (χ0n) is 15.0. The van der Waals surface area contributed by atoms with E-state index in [1.165, 1.54) is 40.9 Å². The largest absolute Gasteiger partial charge is 0.341 e. The van der Waals surface area contributed by atoms with Gasteiger partial charge in [-0.15, -0.1) is 0 Å². The Kier molecular flexibility index (Phi) is 5.20. The Morgan fingerprint density at radius 2 is 1.71 bits per heavy atom. The van der Waals surface area contributed by atoms with E-state index >= 15 is 0 Å². The second-order valence-corrected chi connectivity index (χ2v) is 6.66. The summed E-state index contributed by atoms with van der Waals surface area (Å²) >= 11 is 0. The molecule has 124 valence electrons. The van der Waals surface area contributed by atoms with Crippen molar-refractivity contribution in [3.8, 4) is 0 Å². The first kappa shape index (κ1) is 16.6. The van der Waals surface area contributed by atoms with Crippen LogP contribution in [0, 0.1) is 5.92 Å². The van der Waals surface area contributed by atoms with Gasteiger partial charge in [-0.05, 0) is 54.2 Å². The first-order valence-electron chi connectivity index (χ1n) is 9.06. The van der Waals surface area contributed by atoms with Gasteiger partial charge in [-0.1, -0.05) is 68.8 Å². The van der Waals surface area contributed by atoms with Crippen molar-refractivity contribution < 1.29 is 0 Å². The minimum atomic E-state index is 0.752. The SMILES string of the molecule is CCC(C)Cc1ccc(C=C2C=Cc3ccccc3N2CC)cc1. The zero-order chi connectivity index (χ0) is 16.9. The first-order valence-corrected chi connectivity index (χ1v) is 9.06. The van der Waals surface area contributed by atoms with E-state index in [0.29, 0.717) is 0 Å². The van der Waals surface area contributed by atoms with Crippen LogP contribution < -0.4 is 4.90 Å². The van der Waals surface area contributed by atoms with Gasteiger partial charge in [0.05, 0.1) is 0 Å². The average Bonchev–Trinajstić information content (AvgIpc) is 2.63. The lowest BCUT2D eigenvalue weighted by atomic mass is 9.98. The van der Waals surface area contributed by atoms with E-state index < -0.39 is 0 Å². The van der Waals surface area contributed by atoms with Crippen molar-refractivity contribution in [3.05, 3.63) is 77.0 Å². The van der Waals surface area contributed by atoms with E-state index in [4.69, 9.17) is 0 Å². The van der Waals surface area contributed by atoms with Crippen molar-refractivity contribution in [1.29, 1.82) is 0 Å². The van der Waals surface area contributed by atoms with Crippen molar-refractivity contribution in [3.63, 3.8) is 0 Å². The summed E-state index contributed by atoms with van der Waals surface area (Å²) in [5.74, 6) is 0.752. The van der Waals surface area contributed by atoms with Crippen LogP contribution >= 0.6 is 0 Å². The maximum absolute atomic E-state index is 2.38. The van der Waals surface area contributed by atoms with Gasteiger partial charge in [-0.25, -0.2) is 0 Å². The molecular weight excluding hydrogens is 290 g/mol. The number of benzene rings is 2. The summed E-state index contributed by atoms with van der Waals surface area (Å²) in [6, 6.07) is 17.6. The molecule has 1 heteroatoms. The van der Waals surface area contributed by atoms with Gasteiger partial charge in [0.2, 0.25) is 0 Å². The number of rotatable bonds is 5. The van der Waals surface area contributed by atoms with Crippen LogP contribution in [-0.2, 0) is 6.42 Å². The fourth-order valence-electron chi connectivity index (χ4n) is 3.22. The number of hydrogen-bond donors (Lipinski definition) is 0. The predicted octanol–water partition coefficient (Wildman–Crippen LogP) is 6.17. The zero-order valence-corrected chi connectivity index (χ0v) is 15.0. The molecule has 1 aliphatic heterocycles. The molecule has 0 aromatic heterocycles. The number of para-hydroxylation sites is 1. The average molecular weight is 317 g/mol. The number of hydrogen-bond acceptors (Lipinski definition) is 1. The Bertz CT molecular complexity index is 737. The van der Waals surface area contributed by atoms with Crippen molar-refractivity contribution in [2.24, 2.45) is 5.92 Å². The van der Waals surface area contributed by atoms with Gasteiger partial charge in [-0.2, -0.15) is 0 Å². The van der Waals surface area contributed by atoms with Gasteiger partial charge in [0, 0.05) is 17.9 Å². The molecule has 0 saturated carbocycles. The lowest BCUT2D eigenvalue weighted by Crippen LogP contribution is -2.23. The molecule has 0 amide bonds. The predicted molar refractivity (Wildman–Crippen MR) is 106 cm³/mol. The summed E-state index contributed by atoms with van der Waals surface area (Å²) < 4.78 is 0. The molecule has 0 spiro atoms. The van der Waals surface area contributed by atoms with Crippen LogP contribution in [0.4, 0.5) is 5.69 Å². The van der Waals surface area contributed by atoms with Crippen LogP contribution in [0.2, 0.25) is 0 Å². The molecule has 0 N–H and O–H groups in total. The van der Waals surface area contributed by atoms with Gasteiger partial charge in [0.1, 0.15) is 0 Å². The molecule has 1 aliphatic rings. The second kappa shape index (κ2) is 7.53. The van der Waals surface area contributed by atoms with E-state index in [2.05, 4.69) is 92.4 Å². The molecule has 0 aliphatic carbocycles. The molecule has 0 bridgehead atoms. The molecule has 3 rings (SSSR count). The molecule has 1 heterocycles. The van der Waals surface area contributed by atoms with E-state index in [9.17, 15) is 0 Å². The van der Waals surface area contributed by atoms with Crippen molar-refractivity contribution in [1.82, 2.24) is 0 Å². The monoisotopic (exact) mass is 317 g/mol. The fraction of sp³-hybridized carbons (Fsp3) is 0.304. The van der Waals surface area contributed by atoms with E-state index in [1.807, 2.05) is 0 Å². The van der Waals surface area contributed by atoms with Crippen molar-refractivity contribution in [2.45, 2.75) is 33.6 Å². The number of nitrogens with zero attached hydrogens (tertiary/aromatic N) is 1. The van der Waals surface area contributed by atoms with E-state index in [1.54, 1.807) is 0 Å². The Labute approximate surface area is 146 Å². The summed E-state index contributed by atoms with van der Waals surface area (Å²) in [6.45, 7) is 7.76. The van der Waals surface area contributed by atoms with E-state index in [0.717, 1.165) is 12.5 Å².